The summed E-state index contributed by atoms with van der Waals surface area (Å²) in [5.74, 6) is 0.638. The van der Waals surface area contributed by atoms with Crippen LogP contribution in [0, 0.1) is 0 Å². The lowest BCUT2D eigenvalue weighted by Gasteiger charge is -1.99. The molecule has 0 radical (unpaired) electrons. The van der Waals surface area contributed by atoms with E-state index in [-0.39, 0.29) is 5.91 Å². The maximum absolute atomic E-state index is 11.4. The predicted octanol–water partition coefficient (Wildman–Crippen LogP) is 2.08. The van der Waals surface area contributed by atoms with E-state index in [1.807, 2.05) is 11.4 Å². The van der Waals surface area contributed by atoms with Gasteiger partial charge in [0.05, 0.1) is 6.26 Å². The molecule has 0 atom stereocenters. The van der Waals surface area contributed by atoms with Crippen molar-refractivity contribution in [3.63, 3.8) is 0 Å². The van der Waals surface area contributed by atoms with Crippen LogP contribution in [-0.2, 0) is 4.79 Å². The predicted molar refractivity (Wildman–Crippen MR) is 66.7 cm³/mol. The second kappa shape index (κ2) is 5.60. The number of carbonyl (C=O) groups is 1. The zero-order valence-corrected chi connectivity index (χ0v) is 10.00. The Bertz CT molecular complexity index is 479. The second-order valence-corrected chi connectivity index (χ2v) is 4.31. The van der Waals surface area contributed by atoms with Gasteiger partial charge in [0.25, 0.3) is 0 Å². The Morgan fingerprint density at radius 1 is 1.59 bits per heavy atom. The molecule has 0 saturated heterocycles. The molecule has 0 aliphatic carbocycles. The zero-order valence-electron chi connectivity index (χ0n) is 9.18. The van der Waals surface area contributed by atoms with Gasteiger partial charge < -0.3 is 15.5 Å². The first-order valence-electron chi connectivity index (χ1n) is 5.29. The number of carbonyl (C=O) groups excluding carboxylic acids is 1. The minimum Gasteiger partial charge on any atom is -0.463 e. The van der Waals surface area contributed by atoms with E-state index >= 15 is 0 Å². The van der Waals surface area contributed by atoms with Gasteiger partial charge in [-0.3, -0.25) is 4.79 Å². The third-order valence-corrected chi connectivity index (χ3v) is 2.89. The van der Waals surface area contributed by atoms with Crippen molar-refractivity contribution in [2.75, 3.05) is 11.9 Å². The monoisotopic (exact) mass is 251 g/mol. The maximum Gasteiger partial charge on any atom is 0.226 e. The molecular formula is C11H13N3O2S. The number of anilines is 1. The molecule has 2 rings (SSSR count). The van der Waals surface area contributed by atoms with Crippen molar-refractivity contribution in [2.24, 2.45) is 5.73 Å². The Labute approximate surface area is 103 Å². The van der Waals surface area contributed by atoms with Crippen molar-refractivity contribution in [3.05, 3.63) is 23.8 Å². The molecule has 1 amide bonds. The minimum atomic E-state index is -0.0594. The summed E-state index contributed by atoms with van der Waals surface area (Å²) in [6.07, 6.45) is 2.70. The lowest BCUT2D eigenvalue weighted by Crippen LogP contribution is -2.13. The molecule has 17 heavy (non-hydrogen) atoms. The average molecular weight is 251 g/mol. The molecule has 0 spiro atoms. The first-order valence-corrected chi connectivity index (χ1v) is 6.17. The Morgan fingerprint density at radius 3 is 3.18 bits per heavy atom. The smallest absolute Gasteiger partial charge is 0.226 e. The molecule has 2 aromatic rings. The fourth-order valence-electron chi connectivity index (χ4n) is 1.31. The summed E-state index contributed by atoms with van der Waals surface area (Å²) in [5.41, 5.74) is 6.06. The normalized spacial score (nSPS) is 10.4. The van der Waals surface area contributed by atoms with Crippen molar-refractivity contribution < 1.29 is 9.21 Å². The van der Waals surface area contributed by atoms with Crippen LogP contribution in [0.1, 0.15) is 12.8 Å². The minimum absolute atomic E-state index is 0.0594. The van der Waals surface area contributed by atoms with Gasteiger partial charge in [0.1, 0.15) is 5.69 Å². The van der Waals surface area contributed by atoms with Crippen LogP contribution in [0.2, 0.25) is 0 Å². The number of hydrogen-bond acceptors (Lipinski definition) is 5. The molecule has 5 nitrogen and oxygen atoms in total. The van der Waals surface area contributed by atoms with Crippen LogP contribution in [0.4, 0.5) is 5.13 Å². The van der Waals surface area contributed by atoms with Crippen molar-refractivity contribution in [1.82, 2.24) is 4.98 Å². The SMILES string of the molecule is NCCCC(=O)Nc1nc(-c2ccco2)cs1. The van der Waals surface area contributed by atoms with Crippen molar-refractivity contribution in [1.29, 1.82) is 0 Å². The van der Waals surface area contributed by atoms with Crippen molar-refractivity contribution in [3.8, 4) is 11.5 Å². The largest absolute Gasteiger partial charge is 0.463 e. The first kappa shape index (κ1) is 11.8. The van der Waals surface area contributed by atoms with E-state index < -0.39 is 0 Å². The number of aromatic nitrogens is 1. The molecule has 0 aromatic carbocycles. The van der Waals surface area contributed by atoms with Crippen LogP contribution >= 0.6 is 11.3 Å². The molecule has 2 aromatic heterocycles. The molecule has 0 saturated carbocycles. The van der Waals surface area contributed by atoms with E-state index in [0.29, 0.717) is 30.3 Å². The highest BCUT2D eigenvalue weighted by Crippen LogP contribution is 2.25. The maximum atomic E-state index is 11.4. The fraction of sp³-hybridized carbons (Fsp3) is 0.273. The lowest BCUT2D eigenvalue weighted by molar-refractivity contribution is -0.116. The Hall–Kier alpha value is -1.66. The number of hydrogen-bond donors (Lipinski definition) is 2. The second-order valence-electron chi connectivity index (χ2n) is 3.46. The lowest BCUT2D eigenvalue weighted by atomic mass is 10.3. The van der Waals surface area contributed by atoms with Crippen LogP contribution in [0.5, 0.6) is 0 Å². The Morgan fingerprint density at radius 2 is 2.47 bits per heavy atom. The Kier molecular flexibility index (Phi) is 3.89. The van der Waals surface area contributed by atoms with E-state index in [1.165, 1.54) is 11.3 Å². The molecular weight excluding hydrogens is 238 g/mol. The van der Waals surface area contributed by atoms with Gasteiger partial charge in [-0.25, -0.2) is 4.98 Å². The van der Waals surface area contributed by atoms with Crippen LogP contribution in [0.25, 0.3) is 11.5 Å². The third kappa shape index (κ3) is 3.15. The van der Waals surface area contributed by atoms with Crippen LogP contribution < -0.4 is 11.1 Å². The van der Waals surface area contributed by atoms with E-state index in [2.05, 4.69) is 10.3 Å². The fourth-order valence-corrected chi connectivity index (χ4v) is 2.03. The van der Waals surface area contributed by atoms with Crippen LogP contribution in [0.3, 0.4) is 0 Å². The number of nitrogens with zero attached hydrogens (tertiary/aromatic N) is 1. The molecule has 90 valence electrons. The van der Waals surface area contributed by atoms with Gasteiger partial charge in [0.15, 0.2) is 10.9 Å². The Balaban J connectivity index is 1.97. The number of nitrogens with two attached hydrogens (primary N) is 1. The highest BCUT2D eigenvalue weighted by Gasteiger charge is 2.08. The van der Waals surface area contributed by atoms with Gasteiger partial charge in [-0.1, -0.05) is 0 Å². The standard InChI is InChI=1S/C11H13N3O2S/c12-5-1-4-10(15)14-11-13-8(7-17-11)9-3-2-6-16-9/h2-3,6-7H,1,4-5,12H2,(H,13,14,15). The molecule has 3 N–H and O–H groups in total. The topological polar surface area (TPSA) is 81.2 Å². The summed E-state index contributed by atoms with van der Waals surface area (Å²) in [6, 6.07) is 3.63. The quantitative estimate of drug-likeness (QED) is 0.852. The summed E-state index contributed by atoms with van der Waals surface area (Å²) in [5, 5.41) is 5.16. The van der Waals surface area contributed by atoms with Gasteiger partial charge >= 0.3 is 0 Å². The van der Waals surface area contributed by atoms with Crippen LogP contribution in [0.15, 0.2) is 28.2 Å². The highest BCUT2D eigenvalue weighted by molar-refractivity contribution is 7.14. The van der Waals surface area contributed by atoms with E-state index in [9.17, 15) is 4.79 Å². The van der Waals surface area contributed by atoms with Gasteiger partial charge in [-0.05, 0) is 25.1 Å². The van der Waals surface area contributed by atoms with Gasteiger partial charge in [0.2, 0.25) is 5.91 Å². The summed E-state index contributed by atoms with van der Waals surface area (Å²) in [7, 11) is 0. The van der Waals surface area contributed by atoms with E-state index in [0.717, 1.165) is 5.69 Å². The molecule has 0 bridgehead atoms. The summed E-state index contributed by atoms with van der Waals surface area (Å²) in [4.78, 5) is 15.7. The van der Waals surface area contributed by atoms with Crippen molar-refractivity contribution in [2.45, 2.75) is 12.8 Å². The highest BCUT2D eigenvalue weighted by atomic mass is 32.1. The summed E-state index contributed by atoms with van der Waals surface area (Å²) >= 11 is 1.38. The van der Waals surface area contributed by atoms with Crippen LogP contribution in [-0.4, -0.2) is 17.4 Å². The van der Waals surface area contributed by atoms with E-state index in [1.54, 1.807) is 12.3 Å². The van der Waals surface area contributed by atoms with Gasteiger partial charge in [-0.15, -0.1) is 11.3 Å². The first-order chi connectivity index (χ1) is 8.29. The summed E-state index contributed by atoms with van der Waals surface area (Å²) in [6.45, 7) is 0.517. The molecule has 6 heteroatoms. The van der Waals surface area contributed by atoms with Crippen molar-refractivity contribution >= 4 is 22.4 Å². The van der Waals surface area contributed by atoms with Gasteiger partial charge in [-0.2, -0.15) is 0 Å². The number of furan rings is 1. The zero-order chi connectivity index (χ0) is 12.1. The molecule has 0 aliphatic heterocycles. The number of rotatable bonds is 5. The average Bonchev–Trinajstić information content (AvgIpc) is 2.95. The summed E-state index contributed by atoms with van der Waals surface area (Å²) < 4.78 is 5.22. The number of nitrogens with one attached hydrogen (secondary N) is 1. The number of amides is 1. The molecule has 0 unspecified atom stereocenters. The molecule has 0 aliphatic rings. The van der Waals surface area contributed by atoms with Gasteiger partial charge in [0, 0.05) is 11.8 Å². The molecule has 2 heterocycles. The third-order valence-electron chi connectivity index (χ3n) is 2.13. The number of thiazole rings is 1. The van der Waals surface area contributed by atoms with E-state index in [4.69, 9.17) is 10.2 Å². The molecule has 0 fully saturated rings.